The van der Waals surface area contributed by atoms with Crippen molar-refractivity contribution in [1.82, 2.24) is 0 Å². The minimum atomic E-state index is -0.698. The van der Waals surface area contributed by atoms with Crippen LogP contribution in [-0.2, 0) is 28.5 Å². The number of fused-ring (bicyclic) bond motifs is 1. The Balaban J connectivity index is 2.18. The van der Waals surface area contributed by atoms with E-state index in [4.69, 9.17) is 23.7 Å². The van der Waals surface area contributed by atoms with Crippen molar-refractivity contribution in [2.45, 2.75) is 70.2 Å². The molecule has 22 heavy (non-hydrogen) atoms. The molecular weight excluding hydrogens is 288 g/mol. The lowest BCUT2D eigenvalue weighted by Gasteiger charge is -2.26. The zero-order valence-electron chi connectivity index (χ0n) is 13.7. The molecule has 6 nitrogen and oxygen atoms in total. The van der Waals surface area contributed by atoms with Gasteiger partial charge in [0.15, 0.2) is 5.79 Å². The third kappa shape index (κ3) is 4.52. The molecule has 6 heteroatoms. The number of methoxy groups -OCH3 is 1. The van der Waals surface area contributed by atoms with Crippen LogP contribution in [0.4, 0.5) is 0 Å². The molecule has 0 aliphatic carbocycles. The molecule has 1 fully saturated rings. The van der Waals surface area contributed by atoms with Crippen molar-refractivity contribution in [2.75, 3.05) is 13.9 Å². The highest BCUT2D eigenvalue weighted by atomic mass is 16.8. The Labute approximate surface area is 131 Å². The van der Waals surface area contributed by atoms with Crippen LogP contribution in [-0.4, -0.2) is 50.1 Å². The van der Waals surface area contributed by atoms with Crippen molar-refractivity contribution < 1.29 is 28.5 Å². The molecular formula is C16H26O6. The minimum absolute atomic E-state index is 0.179. The summed E-state index contributed by atoms with van der Waals surface area (Å²) < 4.78 is 27.9. The standard InChI is InChI=1S/C16H26O6/c1-5-12-15-13(21-16(2,3)22-15)8-6-11(19-10-18-4)7-9-14(17)20-12/h6,8,11-13,15H,5,7,9-10H2,1-4H3/b8-6+/t11-,12+,13-,15+/m0/s1. The normalized spacial score (nSPS) is 36.5. The van der Waals surface area contributed by atoms with E-state index in [1.54, 1.807) is 7.11 Å². The molecule has 1 saturated heterocycles. The van der Waals surface area contributed by atoms with Gasteiger partial charge in [-0.1, -0.05) is 19.1 Å². The first-order valence-electron chi connectivity index (χ1n) is 7.79. The molecule has 4 atom stereocenters. The molecule has 0 N–H and O–H groups in total. The van der Waals surface area contributed by atoms with Crippen molar-refractivity contribution in [2.24, 2.45) is 0 Å². The number of hydrogen-bond acceptors (Lipinski definition) is 6. The van der Waals surface area contributed by atoms with Gasteiger partial charge in [0, 0.05) is 13.5 Å². The fourth-order valence-corrected chi connectivity index (χ4v) is 2.75. The Morgan fingerprint density at radius 2 is 2.09 bits per heavy atom. The van der Waals surface area contributed by atoms with Crippen LogP contribution < -0.4 is 0 Å². The lowest BCUT2D eigenvalue weighted by Crippen LogP contribution is -2.38. The Bertz CT molecular complexity index is 405. The van der Waals surface area contributed by atoms with Gasteiger partial charge in [-0.25, -0.2) is 0 Å². The van der Waals surface area contributed by atoms with Crippen LogP contribution >= 0.6 is 0 Å². The molecule has 0 aromatic rings. The third-order valence-electron chi connectivity index (χ3n) is 3.76. The molecule has 0 bridgehead atoms. The summed E-state index contributed by atoms with van der Waals surface area (Å²) in [6, 6.07) is 0. The molecule has 0 aromatic heterocycles. The summed E-state index contributed by atoms with van der Waals surface area (Å²) >= 11 is 0. The average molecular weight is 314 g/mol. The molecule has 2 rings (SSSR count). The van der Waals surface area contributed by atoms with E-state index in [1.807, 2.05) is 32.9 Å². The number of hydrogen-bond donors (Lipinski definition) is 0. The monoisotopic (exact) mass is 314 g/mol. The molecule has 0 saturated carbocycles. The van der Waals surface area contributed by atoms with Crippen molar-refractivity contribution in [3.05, 3.63) is 12.2 Å². The Kier molecular flexibility index (Phi) is 5.97. The summed E-state index contributed by atoms with van der Waals surface area (Å²) in [5.74, 6) is -0.934. The predicted octanol–water partition coefficient (Wildman–Crippen LogP) is 2.17. The molecule has 2 heterocycles. The summed E-state index contributed by atoms with van der Waals surface area (Å²) in [6.07, 6.45) is 4.33. The first-order chi connectivity index (χ1) is 10.4. The van der Waals surface area contributed by atoms with Gasteiger partial charge in [0.2, 0.25) is 0 Å². The van der Waals surface area contributed by atoms with E-state index < -0.39 is 5.79 Å². The van der Waals surface area contributed by atoms with Crippen LogP contribution in [0.2, 0.25) is 0 Å². The summed E-state index contributed by atoms with van der Waals surface area (Å²) in [5, 5.41) is 0. The van der Waals surface area contributed by atoms with Gasteiger partial charge >= 0.3 is 5.97 Å². The highest BCUT2D eigenvalue weighted by Crippen LogP contribution is 2.33. The number of rotatable bonds is 4. The third-order valence-corrected chi connectivity index (χ3v) is 3.76. The fraction of sp³-hybridized carbons (Fsp3) is 0.812. The lowest BCUT2D eigenvalue weighted by molar-refractivity contribution is -0.171. The summed E-state index contributed by atoms with van der Waals surface area (Å²) in [5.41, 5.74) is 0. The zero-order chi connectivity index (χ0) is 16.2. The van der Waals surface area contributed by atoms with Crippen molar-refractivity contribution >= 4 is 5.97 Å². The van der Waals surface area contributed by atoms with E-state index in [-0.39, 0.29) is 37.2 Å². The van der Waals surface area contributed by atoms with Crippen molar-refractivity contribution in [3.63, 3.8) is 0 Å². The first-order valence-corrected chi connectivity index (χ1v) is 7.79. The second-order valence-electron chi connectivity index (χ2n) is 6.04. The number of carbonyl (C=O) groups excluding carboxylic acids is 1. The molecule has 2 aliphatic heterocycles. The lowest BCUT2D eigenvalue weighted by atomic mass is 10.0. The average Bonchev–Trinajstić information content (AvgIpc) is 2.78. The zero-order valence-corrected chi connectivity index (χ0v) is 13.7. The highest BCUT2D eigenvalue weighted by molar-refractivity contribution is 5.69. The van der Waals surface area contributed by atoms with Crippen LogP contribution in [0.5, 0.6) is 0 Å². The molecule has 126 valence electrons. The van der Waals surface area contributed by atoms with Crippen LogP contribution in [0.25, 0.3) is 0 Å². The smallest absolute Gasteiger partial charge is 0.306 e. The van der Waals surface area contributed by atoms with Gasteiger partial charge in [0.05, 0.1) is 6.10 Å². The first kappa shape index (κ1) is 17.4. The van der Waals surface area contributed by atoms with E-state index in [0.717, 1.165) is 0 Å². The summed E-state index contributed by atoms with van der Waals surface area (Å²) in [6.45, 7) is 5.88. The Morgan fingerprint density at radius 1 is 1.32 bits per heavy atom. The van der Waals surface area contributed by atoms with Gasteiger partial charge in [-0.15, -0.1) is 0 Å². The largest absolute Gasteiger partial charge is 0.459 e. The van der Waals surface area contributed by atoms with E-state index in [0.29, 0.717) is 19.3 Å². The van der Waals surface area contributed by atoms with Crippen LogP contribution in [0.3, 0.4) is 0 Å². The highest BCUT2D eigenvalue weighted by Gasteiger charge is 2.45. The Morgan fingerprint density at radius 3 is 2.77 bits per heavy atom. The van der Waals surface area contributed by atoms with Crippen molar-refractivity contribution in [3.8, 4) is 0 Å². The molecule has 2 aliphatic rings. The van der Waals surface area contributed by atoms with Gasteiger partial charge in [-0.3, -0.25) is 4.79 Å². The van der Waals surface area contributed by atoms with Crippen molar-refractivity contribution in [1.29, 1.82) is 0 Å². The van der Waals surface area contributed by atoms with Crippen LogP contribution in [0.1, 0.15) is 40.0 Å². The predicted molar refractivity (Wildman–Crippen MR) is 79.1 cm³/mol. The fourth-order valence-electron chi connectivity index (χ4n) is 2.75. The summed E-state index contributed by atoms with van der Waals surface area (Å²) in [7, 11) is 1.57. The molecule has 0 amide bonds. The second-order valence-corrected chi connectivity index (χ2v) is 6.04. The molecule has 0 aromatic carbocycles. The van der Waals surface area contributed by atoms with Gasteiger partial charge in [0.1, 0.15) is 25.1 Å². The Hall–Kier alpha value is -0.950. The van der Waals surface area contributed by atoms with E-state index in [1.165, 1.54) is 0 Å². The quantitative estimate of drug-likeness (QED) is 0.450. The maximum absolute atomic E-state index is 12.0. The van der Waals surface area contributed by atoms with Crippen LogP contribution in [0.15, 0.2) is 12.2 Å². The molecule has 0 unspecified atom stereocenters. The van der Waals surface area contributed by atoms with Gasteiger partial charge in [-0.2, -0.15) is 0 Å². The maximum Gasteiger partial charge on any atom is 0.306 e. The van der Waals surface area contributed by atoms with Crippen LogP contribution in [0, 0.1) is 0 Å². The second kappa shape index (κ2) is 7.55. The summed E-state index contributed by atoms with van der Waals surface area (Å²) in [4.78, 5) is 12.0. The van der Waals surface area contributed by atoms with E-state index in [2.05, 4.69) is 0 Å². The topological polar surface area (TPSA) is 63.2 Å². The SMILES string of the molecule is CC[C@H]1OC(=O)CC[C@@H](OCOC)/C=C/[C@@H]2OC(C)(C)O[C@@H]21. The van der Waals surface area contributed by atoms with Gasteiger partial charge in [-0.05, 0) is 26.7 Å². The number of carbonyl (C=O) groups is 1. The number of cyclic esters (lactones) is 1. The molecule has 0 radical (unpaired) electrons. The van der Waals surface area contributed by atoms with Gasteiger partial charge < -0.3 is 23.7 Å². The number of esters is 1. The maximum atomic E-state index is 12.0. The van der Waals surface area contributed by atoms with E-state index in [9.17, 15) is 4.79 Å². The minimum Gasteiger partial charge on any atom is -0.459 e. The van der Waals surface area contributed by atoms with Gasteiger partial charge in [0.25, 0.3) is 0 Å². The number of ether oxygens (including phenoxy) is 5. The molecule has 0 spiro atoms. The van der Waals surface area contributed by atoms with E-state index >= 15 is 0 Å².